The average molecular weight is 236 g/mol. The highest BCUT2D eigenvalue weighted by molar-refractivity contribution is 6.45. The van der Waals surface area contributed by atoms with Crippen LogP contribution in [0.15, 0.2) is 24.3 Å². The summed E-state index contributed by atoms with van der Waals surface area (Å²) in [6.45, 7) is 7.98. The number of hydrogen-bond acceptors (Lipinski definition) is 2. The van der Waals surface area contributed by atoms with Crippen molar-refractivity contribution in [3.8, 4) is 0 Å². The van der Waals surface area contributed by atoms with Crippen molar-refractivity contribution < 1.29 is 13.7 Å². The van der Waals surface area contributed by atoms with Crippen molar-refractivity contribution in [3.05, 3.63) is 35.6 Å². The second-order valence-electron chi connectivity index (χ2n) is 5.48. The molecule has 0 atom stereocenters. The smallest absolute Gasteiger partial charge is 0.403 e. The SMILES string of the molecule is CC1(C)OB(Cc2ccccc2F)OC1(C)C. The van der Waals surface area contributed by atoms with Crippen molar-refractivity contribution in [1.29, 1.82) is 0 Å². The van der Waals surface area contributed by atoms with Gasteiger partial charge in [0.1, 0.15) is 5.82 Å². The largest absolute Gasteiger partial charge is 0.462 e. The van der Waals surface area contributed by atoms with E-state index in [2.05, 4.69) is 0 Å². The summed E-state index contributed by atoms with van der Waals surface area (Å²) in [5.74, 6) is -0.206. The lowest BCUT2D eigenvalue weighted by atomic mass is 9.80. The van der Waals surface area contributed by atoms with Gasteiger partial charge in [-0.15, -0.1) is 0 Å². The Balaban J connectivity index is 2.11. The lowest BCUT2D eigenvalue weighted by Crippen LogP contribution is -2.41. The Kier molecular flexibility index (Phi) is 3.04. The molecule has 1 aromatic carbocycles. The minimum absolute atomic E-state index is 0.206. The minimum Gasteiger partial charge on any atom is -0.403 e. The maximum absolute atomic E-state index is 13.5. The Labute approximate surface area is 102 Å². The molecule has 0 amide bonds. The summed E-state index contributed by atoms with van der Waals surface area (Å²) < 4.78 is 25.2. The van der Waals surface area contributed by atoms with Crippen LogP contribution in [0.4, 0.5) is 4.39 Å². The van der Waals surface area contributed by atoms with Gasteiger partial charge in [-0.2, -0.15) is 0 Å². The maximum atomic E-state index is 13.5. The first-order valence-electron chi connectivity index (χ1n) is 5.91. The minimum atomic E-state index is -0.378. The van der Waals surface area contributed by atoms with Crippen LogP contribution in [0.25, 0.3) is 0 Å². The van der Waals surface area contributed by atoms with Crippen molar-refractivity contribution in [2.24, 2.45) is 0 Å². The van der Waals surface area contributed by atoms with Crippen molar-refractivity contribution in [1.82, 2.24) is 0 Å². The molecule has 0 spiro atoms. The Morgan fingerprint density at radius 1 is 1.06 bits per heavy atom. The zero-order valence-electron chi connectivity index (χ0n) is 10.8. The molecule has 2 rings (SSSR count). The molecule has 2 nitrogen and oxygen atoms in total. The lowest BCUT2D eigenvalue weighted by molar-refractivity contribution is 0.00578. The van der Waals surface area contributed by atoms with Crippen LogP contribution in [-0.2, 0) is 15.6 Å². The van der Waals surface area contributed by atoms with Gasteiger partial charge in [-0.1, -0.05) is 18.2 Å². The highest BCUT2D eigenvalue weighted by Crippen LogP contribution is 2.37. The van der Waals surface area contributed by atoms with Gasteiger partial charge in [0, 0.05) is 6.32 Å². The van der Waals surface area contributed by atoms with Crippen molar-refractivity contribution in [2.75, 3.05) is 0 Å². The van der Waals surface area contributed by atoms with Crippen LogP contribution in [0, 0.1) is 5.82 Å². The van der Waals surface area contributed by atoms with Gasteiger partial charge in [-0.05, 0) is 39.3 Å². The van der Waals surface area contributed by atoms with E-state index in [-0.39, 0.29) is 24.1 Å². The van der Waals surface area contributed by atoms with Gasteiger partial charge in [-0.3, -0.25) is 0 Å². The van der Waals surface area contributed by atoms with Gasteiger partial charge < -0.3 is 9.31 Å². The Morgan fingerprint density at radius 3 is 2.12 bits per heavy atom. The predicted molar refractivity (Wildman–Crippen MR) is 66.2 cm³/mol. The van der Waals surface area contributed by atoms with E-state index in [9.17, 15) is 4.39 Å². The summed E-state index contributed by atoms with van der Waals surface area (Å²) in [4.78, 5) is 0. The second-order valence-corrected chi connectivity index (χ2v) is 5.48. The van der Waals surface area contributed by atoms with E-state index in [0.29, 0.717) is 11.9 Å². The third-order valence-corrected chi connectivity index (χ3v) is 3.65. The van der Waals surface area contributed by atoms with Crippen molar-refractivity contribution >= 4 is 7.12 Å². The van der Waals surface area contributed by atoms with Gasteiger partial charge in [0.2, 0.25) is 0 Å². The van der Waals surface area contributed by atoms with Crippen molar-refractivity contribution in [3.63, 3.8) is 0 Å². The molecular formula is C13H18BFO2. The van der Waals surface area contributed by atoms with Crippen LogP contribution in [-0.4, -0.2) is 18.3 Å². The molecule has 0 aromatic heterocycles. The fraction of sp³-hybridized carbons (Fsp3) is 0.538. The zero-order valence-corrected chi connectivity index (χ0v) is 10.8. The molecule has 92 valence electrons. The summed E-state index contributed by atoms with van der Waals surface area (Å²) in [5.41, 5.74) is -0.0859. The number of benzene rings is 1. The van der Waals surface area contributed by atoms with E-state index in [4.69, 9.17) is 9.31 Å². The second kappa shape index (κ2) is 4.11. The molecular weight excluding hydrogens is 218 g/mol. The molecule has 4 heteroatoms. The van der Waals surface area contributed by atoms with E-state index < -0.39 is 0 Å². The van der Waals surface area contributed by atoms with Gasteiger partial charge in [-0.25, -0.2) is 4.39 Å². The normalized spacial score (nSPS) is 21.8. The fourth-order valence-corrected chi connectivity index (χ4v) is 1.89. The molecule has 0 aliphatic carbocycles. The van der Waals surface area contributed by atoms with Crippen LogP contribution >= 0.6 is 0 Å². The summed E-state index contributed by atoms with van der Waals surface area (Å²) in [5, 5.41) is 0. The zero-order chi connectivity index (χ0) is 12.7. The van der Waals surface area contributed by atoms with E-state index in [0.717, 1.165) is 0 Å². The standard InChI is InChI=1S/C13H18BFO2/c1-12(2)13(3,4)17-14(16-12)9-10-7-5-6-8-11(10)15/h5-8H,9H2,1-4H3. The predicted octanol–water partition coefficient (Wildman–Crippen LogP) is 3.00. The molecule has 1 aliphatic heterocycles. The summed E-state index contributed by atoms with van der Waals surface area (Å²) in [7, 11) is -0.378. The van der Waals surface area contributed by atoms with E-state index in [1.807, 2.05) is 33.8 Å². The van der Waals surface area contributed by atoms with Crippen LogP contribution in [0.3, 0.4) is 0 Å². The van der Waals surface area contributed by atoms with Gasteiger partial charge in [0.15, 0.2) is 0 Å². The molecule has 1 heterocycles. The van der Waals surface area contributed by atoms with Crippen molar-refractivity contribution in [2.45, 2.75) is 45.2 Å². The van der Waals surface area contributed by atoms with E-state index in [1.165, 1.54) is 6.07 Å². The summed E-state index contributed by atoms with van der Waals surface area (Å²) >= 11 is 0. The van der Waals surface area contributed by atoms with Crippen LogP contribution in [0.5, 0.6) is 0 Å². The topological polar surface area (TPSA) is 18.5 Å². The fourth-order valence-electron chi connectivity index (χ4n) is 1.89. The highest BCUT2D eigenvalue weighted by Gasteiger charge is 2.50. The molecule has 0 bridgehead atoms. The quantitative estimate of drug-likeness (QED) is 0.735. The number of halogens is 1. The third kappa shape index (κ3) is 2.38. The summed E-state index contributed by atoms with van der Waals surface area (Å²) in [6.07, 6.45) is 0.444. The Hall–Kier alpha value is -0.865. The molecule has 0 radical (unpaired) electrons. The molecule has 0 unspecified atom stereocenters. The maximum Gasteiger partial charge on any atom is 0.462 e. The van der Waals surface area contributed by atoms with Crippen LogP contribution in [0.1, 0.15) is 33.3 Å². The Bertz CT molecular complexity index is 402. The number of hydrogen-bond donors (Lipinski definition) is 0. The molecule has 1 fully saturated rings. The van der Waals surface area contributed by atoms with Gasteiger partial charge in [0.05, 0.1) is 11.2 Å². The van der Waals surface area contributed by atoms with E-state index >= 15 is 0 Å². The molecule has 1 saturated heterocycles. The first kappa shape index (κ1) is 12.6. The lowest BCUT2D eigenvalue weighted by Gasteiger charge is -2.32. The molecule has 17 heavy (non-hydrogen) atoms. The van der Waals surface area contributed by atoms with Gasteiger partial charge in [0.25, 0.3) is 0 Å². The first-order valence-corrected chi connectivity index (χ1v) is 5.91. The molecule has 1 aliphatic rings. The summed E-state index contributed by atoms with van der Waals surface area (Å²) in [6, 6.07) is 6.73. The monoisotopic (exact) mass is 236 g/mol. The third-order valence-electron chi connectivity index (χ3n) is 3.65. The number of rotatable bonds is 2. The average Bonchev–Trinajstić information content (AvgIpc) is 2.39. The van der Waals surface area contributed by atoms with Crippen LogP contribution < -0.4 is 0 Å². The highest BCUT2D eigenvalue weighted by atomic mass is 19.1. The first-order chi connectivity index (χ1) is 7.82. The van der Waals surface area contributed by atoms with Crippen LogP contribution in [0.2, 0.25) is 0 Å². The molecule has 0 N–H and O–H groups in total. The molecule has 1 aromatic rings. The Morgan fingerprint density at radius 2 is 1.59 bits per heavy atom. The van der Waals surface area contributed by atoms with E-state index in [1.54, 1.807) is 12.1 Å². The van der Waals surface area contributed by atoms with Gasteiger partial charge >= 0.3 is 7.12 Å². The molecule has 0 saturated carbocycles.